The molecular weight excluding hydrogens is 478 g/mol. The van der Waals surface area contributed by atoms with E-state index >= 15 is 0 Å². The third kappa shape index (κ3) is 6.64. The van der Waals surface area contributed by atoms with E-state index in [9.17, 15) is 14.9 Å². The summed E-state index contributed by atoms with van der Waals surface area (Å²) in [6.07, 6.45) is 1.75. The van der Waals surface area contributed by atoms with Gasteiger partial charge in [-0.2, -0.15) is 5.10 Å². The molecule has 0 aliphatic carbocycles. The maximum Gasteiger partial charge on any atom is 0.269 e. The van der Waals surface area contributed by atoms with Crippen LogP contribution >= 0.6 is 15.9 Å². The summed E-state index contributed by atoms with van der Waals surface area (Å²) in [4.78, 5) is 22.3. The van der Waals surface area contributed by atoms with Crippen LogP contribution < -0.4 is 14.9 Å². The van der Waals surface area contributed by atoms with Crippen LogP contribution in [0.5, 0.6) is 11.5 Å². The molecule has 164 valence electrons. The number of non-ortho nitro benzene ring substituents is 1. The van der Waals surface area contributed by atoms with Gasteiger partial charge < -0.3 is 9.47 Å². The highest BCUT2D eigenvalue weighted by atomic mass is 79.9. The summed E-state index contributed by atoms with van der Waals surface area (Å²) in [5.41, 5.74) is 4.98. The van der Waals surface area contributed by atoms with Crippen LogP contribution in [-0.4, -0.2) is 24.2 Å². The molecule has 0 aliphatic rings. The summed E-state index contributed by atoms with van der Waals surface area (Å²) in [5, 5.41) is 14.7. The van der Waals surface area contributed by atoms with Crippen LogP contribution in [0.15, 0.2) is 76.3 Å². The van der Waals surface area contributed by atoms with Crippen molar-refractivity contribution in [2.45, 2.75) is 13.0 Å². The molecule has 8 nitrogen and oxygen atoms in total. The molecule has 0 aromatic heterocycles. The Labute approximate surface area is 193 Å². The smallest absolute Gasteiger partial charge is 0.269 e. The van der Waals surface area contributed by atoms with E-state index in [0.717, 1.165) is 22.4 Å². The maximum atomic E-state index is 12.0. The number of nitro benzene ring substituents is 1. The van der Waals surface area contributed by atoms with Gasteiger partial charge in [0.1, 0.15) is 18.1 Å². The number of halogens is 1. The van der Waals surface area contributed by atoms with E-state index < -0.39 is 4.92 Å². The van der Waals surface area contributed by atoms with Gasteiger partial charge in [-0.05, 0) is 75.1 Å². The van der Waals surface area contributed by atoms with E-state index in [4.69, 9.17) is 9.47 Å². The Bertz CT molecular complexity index is 1120. The summed E-state index contributed by atoms with van der Waals surface area (Å²) in [7, 11) is 1.59. The van der Waals surface area contributed by atoms with Crippen molar-refractivity contribution in [3.05, 3.63) is 98.0 Å². The number of methoxy groups -OCH3 is 1. The summed E-state index contributed by atoms with van der Waals surface area (Å²) in [6, 6.07) is 18.8. The molecule has 1 N–H and O–H groups in total. The molecule has 0 aliphatic heterocycles. The first-order chi connectivity index (χ1) is 15.4. The summed E-state index contributed by atoms with van der Waals surface area (Å²) in [6.45, 7) is 0.269. The zero-order valence-electron chi connectivity index (χ0n) is 17.2. The Kier molecular flexibility index (Phi) is 7.93. The number of ether oxygens (including phenoxy) is 2. The molecule has 3 aromatic carbocycles. The largest absolute Gasteiger partial charge is 0.497 e. The molecule has 0 radical (unpaired) electrons. The van der Waals surface area contributed by atoms with Crippen molar-refractivity contribution in [1.29, 1.82) is 0 Å². The van der Waals surface area contributed by atoms with Crippen molar-refractivity contribution >= 4 is 33.7 Å². The highest BCUT2D eigenvalue weighted by Crippen LogP contribution is 2.26. The Morgan fingerprint density at radius 2 is 1.78 bits per heavy atom. The van der Waals surface area contributed by atoms with Crippen molar-refractivity contribution in [2.24, 2.45) is 5.10 Å². The van der Waals surface area contributed by atoms with Gasteiger partial charge >= 0.3 is 0 Å². The molecule has 0 saturated carbocycles. The van der Waals surface area contributed by atoms with Crippen molar-refractivity contribution in [2.75, 3.05) is 7.11 Å². The quantitative estimate of drug-likeness (QED) is 0.263. The van der Waals surface area contributed by atoms with Gasteiger partial charge in [0.25, 0.3) is 5.69 Å². The second kappa shape index (κ2) is 11.1. The van der Waals surface area contributed by atoms with Gasteiger partial charge in [0, 0.05) is 12.1 Å². The molecule has 3 rings (SSSR count). The number of carbonyl (C=O) groups is 1. The number of hydrogen-bond donors (Lipinski definition) is 1. The molecule has 3 aromatic rings. The number of rotatable bonds is 9. The van der Waals surface area contributed by atoms with Crippen LogP contribution in [0.3, 0.4) is 0 Å². The van der Waals surface area contributed by atoms with Crippen LogP contribution in [0.4, 0.5) is 5.69 Å². The average Bonchev–Trinajstić information content (AvgIpc) is 2.79. The van der Waals surface area contributed by atoms with Crippen molar-refractivity contribution in [3.8, 4) is 11.5 Å². The minimum Gasteiger partial charge on any atom is -0.497 e. The first kappa shape index (κ1) is 23.0. The lowest BCUT2D eigenvalue weighted by molar-refractivity contribution is -0.384. The maximum absolute atomic E-state index is 12.0. The third-order valence-electron chi connectivity index (χ3n) is 4.42. The highest BCUT2D eigenvalue weighted by molar-refractivity contribution is 9.10. The van der Waals surface area contributed by atoms with Crippen molar-refractivity contribution < 1.29 is 19.2 Å². The molecule has 0 heterocycles. The molecule has 9 heteroatoms. The lowest BCUT2D eigenvalue weighted by atomic mass is 10.1. The monoisotopic (exact) mass is 497 g/mol. The predicted octanol–water partition coefficient (Wildman–Crippen LogP) is 4.64. The van der Waals surface area contributed by atoms with E-state index in [-0.39, 0.29) is 24.6 Å². The Morgan fingerprint density at radius 3 is 2.41 bits per heavy atom. The fourth-order valence-electron chi connectivity index (χ4n) is 2.74. The standard InChI is InChI=1S/C23H20BrN3O5/c1-31-20-9-4-16(5-10-20)13-23(28)26-25-14-18-6-11-22(21(24)12-18)32-15-17-2-7-19(8-3-17)27(29)30/h2-12,14H,13,15H2,1H3,(H,26,28)/b25-14-. The van der Waals surface area contributed by atoms with E-state index in [0.29, 0.717) is 10.2 Å². The number of benzene rings is 3. The number of carbonyl (C=O) groups excluding carboxylic acids is 1. The van der Waals surface area contributed by atoms with Gasteiger partial charge in [0.15, 0.2) is 0 Å². The molecule has 32 heavy (non-hydrogen) atoms. The number of nitrogens with zero attached hydrogens (tertiary/aromatic N) is 2. The SMILES string of the molecule is COc1ccc(CC(=O)N/N=C\c2ccc(OCc3ccc([N+](=O)[O-])cc3)c(Br)c2)cc1. The van der Waals surface area contributed by atoms with Gasteiger partial charge in [0.05, 0.1) is 29.1 Å². The average molecular weight is 498 g/mol. The van der Waals surface area contributed by atoms with E-state index in [2.05, 4.69) is 26.5 Å². The lowest BCUT2D eigenvalue weighted by Crippen LogP contribution is -2.19. The number of hydrogen-bond acceptors (Lipinski definition) is 6. The molecule has 0 fully saturated rings. The van der Waals surface area contributed by atoms with Gasteiger partial charge in [-0.25, -0.2) is 5.43 Å². The van der Waals surface area contributed by atoms with Crippen LogP contribution in [0.2, 0.25) is 0 Å². The minimum absolute atomic E-state index is 0.0367. The highest BCUT2D eigenvalue weighted by Gasteiger charge is 2.07. The molecule has 0 saturated heterocycles. The number of nitrogens with one attached hydrogen (secondary N) is 1. The first-order valence-electron chi connectivity index (χ1n) is 9.55. The Hall–Kier alpha value is -3.72. The molecular formula is C23H20BrN3O5. The topological polar surface area (TPSA) is 103 Å². The number of hydrazone groups is 1. The fraction of sp³-hybridized carbons (Fsp3) is 0.130. The zero-order valence-corrected chi connectivity index (χ0v) is 18.7. The lowest BCUT2D eigenvalue weighted by Gasteiger charge is -2.09. The number of nitro groups is 1. The minimum atomic E-state index is -0.441. The molecule has 0 spiro atoms. The van der Waals surface area contributed by atoms with Gasteiger partial charge in [-0.3, -0.25) is 14.9 Å². The Morgan fingerprint density at radius 1 is 1.09 bits per heavy atom. The second-order valence-electron chi connectivity index (χ2n) is 6.72. The molecule has 0 unspecified atom stereocenters. The van der Waals surface area contributed by atoms with E-state index in [1.54, 1.807) is 43.5 Å². The van der Waals surface area contributed by atoms with Crippen LogP contribution in [0.25, 0.3) is 0 Å². The van der Waals surface area contributed by atoms with E-state index in [1.165, 1.54) is 18.3 Å². The normalized spacial score (nSPS) is 10.7. The van der Waals surface area contributed by atoms with Gasteiger partial charge in [-0.1, -0.05) is 12.1 Å². The van der Waals surface area contributed by atoms with Crippen LogP contribution in [0, 0.1) is 10.1 Å². The second-order valence-corrected chi connectivity index (χ2v) is 7.57. The molecule has 0 bridgehead atoms. The van der Waals surface area contributed by atoms with Gasteiger partial charge in [0.2, 0.25) is 5.91 Å². The van der Waals surface area contributed by atoms with E-state index in [1.807, 2.05) is 18.2 Å². The molecule has 1 amide bonds. The summed E-state index contributed by atoms with van der Waals surface area (Å²) >= 11 is 3.45. The summed E-state index contributed by atoms with van der Waals surface area (Å²) < 4.78 is 11.6. The van der Waals surface area contributed by atoms with Crippen molar-refractivity contribution in [1.82, 2.24) is 5.43 Å². The fourth-order valence-corrected chi connectivity index (χ4v) is 3.25. The summed E-state index contributed by atoms with van der Waals surface area (Å²) in [5.74, 6) is 1.12. The first-order valence-corrected chi connectivity index (χ1v) is 10.3. The third-order valence-corrected chi connectivity index (χ3v) is 5.04. The predicted molar refractivity (Wildman–Crippen MR) is 124 cm³/mol. The number of amides is 1. The molecule has 0 atom stereocenters. The van der Waals surface area contributed by atoms with Crippen LogP contribution in [0.1, 0.15) is 16.7 Å². The van der Waals surface area contributed by atoms with Crippen molar-refractivity contribution in [3.63, 3.8) is 0 Å². The zero-order chi connectivity index (χ0) is 22.9. The van der Waals surface area contributed by atoms with Crippen LogP contribution in [-0.2, 0) is 17.8 Å². The Balaban J connectivity index is 1.50. The van der Waals surface area contributed by atoms with Gasteiger partial charge in [-0.15, -0.1) is 0 Å².